The number of carbonyl (C=O) groups is 2. The minimum Gasteiger partial charge on any atom is -0.480 e. The summed E-state index contributed by atoms with van der Waals surface area (Å²) >= 11 is 0. The Kier molecular flexibility index (Phi) is 4.68. The molecule has 94 valence electrons. The maximum absolute atomic E-state index is 12.0. The van der Waals surface area contributed by atoms with E-state index < -0.39 is 5.97 Å². The molecule has 0 saturated carbocycles. The van der Waals surface area contributed by atoms with Crippen LogP contribution < -0.4 is 0 Å². The fraction of sp³-hybridized carbons (Fsp3) is 0.545. The fourth-order valence-electron chi connectivity index (χ4n) is 1.50. The Bertz CT molecular complexity index is 375. The van der Waals surface area contributed by atoms with Crippen molar-refractivity contribution in [2.45, 2.75) is 32.7 Å². The third-order valence-electron chi connectivity index (χ3n) is 2.65. The highest BCUT2D eigenvalue weighted by atomic mass is 16.4. The fourth-order valence-corrected chi connectivity index (χ4v) is 1.50. The van der Waals surface area contributed by atoms with Crippen molar-refractivity contribution in [1.82, 2.24) is 15.1 Å². The van der Waals surface area contributed by atoms with E-state index in [4.69, 9.17) is 5.11 Å². The average molecular weight is 239 g/mol. The third-order valence-corrected chi connectivity index (χ3v) is 2.65. The SMILES string of the molecule is CCC(C)N(CC(=O)O)C(=O)Cc1ccn[nH]1. The highest BCUT2D eigenvalue weighted by Gasteiger charge is 2.21. The molecular formula is C11H17N3O3. The first kappa shape index (κ1) is 13.2. The van der Waals surface area contributed by atoms with Gasteiger partial charge in [-0.2, -0.15) is 5.10 Å². The molecule has 1 unspecified atom stereocenters. The molecule has 0 radical (unpaired) electrons. The topological polar surface area (TPSA) is 86.3 Å². The Hall–Kier alpha value is -1.85. The average Bonchev–Trinajstić information content (AvgIpc) is 2.77. The van der Waals surface area contributed by atoms with Gasteiger partial charge < -0.3 is 10.0 Å². The van der Waals surface area contributed by atoms with Crippen molar-refractivity contribution < 1.29 is 14.7 Å². The highest BCUT2D eigenvalue weighted by molar-refractivity contribution is 5.83. The molecule has 0 aliphatic heterocycles. The van der Waals surface area contributed by atoms with Gasteiger partial charge in [-0.3, -0.25) is 14.7 Å². The van der Waals surface area contributed by atoms with Crippen LogP contribution in [-0.4, -0.2) is 44.7 Å². The second-order valence-electron chi connectivity index (χ2n) is 3.93. The number of H-pyrrole nitrogens is 1. The van der Waals surface area contributed by atoms with Crippen molar-refractivity contribution in [2.75, 3.05) is 6.54 Å². The van der Waals surface area contributed by atoms with Gasteiger partial charge in [0.2, 0.25) is 5.91 Å². The number of rotatable bonds is 6. The molecule has 0 fully saturated rings. The van der Waals surface area contributed by atoms with E-state index in [1.54, 1.807) is 12.3 Å². The molecule has 0 aromatic carbocycles. The van der Waals surface area contributed by atoms with Crippen LogP contribution in [0.3, 0.4) is 0 Å². The molecule has 0 aliphatic carbocycles. The summed E-state index contributed by atoms with van der Waals surface area (Å²) in [6.45, 7) is 3.50. The Morgan fingerprint density at radius 2 is 2.29 bits per heavy atom. The summed E-state index contributed by atoms with van der Waals surface area (Å²) in [6, 6.07) is 1.62. The summed E-state index contributed by atoms with van der Waals surface area (Å²) in [5, 5.41) is 15.2. The monoisotopic (exact) mass is 239 g/mol. The lowest BCUT2D eigenvalue weighted by Gasteiger charge is -2.26. The molecule has 1 aromatic heterocycles. The molecule has 17 heavy (non-hydrogen) atoms. The first-order valence-corrected chi connectivity index (χ1v) is 5.54. The van der Waals surface area contributed by atoms with Crippen LogP contribution in [0.25, 0.3) is 0 Å². The molecule has 1 rings (SSSR count). The predicted octanol–water partition coefficient (Wildman–Crippen LogP) is 0.664. The van der Waals surface area contributed by atoms with Crippen molar-refractivity contribution >= 4 is 11.9 Å². The van der Waals surface area contributed by atoms with Gasteiger partial charge in [0, 0.05) is 17.9 Å². The van der Waals surface area contributed by atoms with E-state index in [9.17, 15) is 9.59 Å². The summed E-state index contributed by atoms with van der Waals surface area (Å²) in [5.74, 6) is -1.20. The van der Waals surface area contributed by atoms with Crippen LogP contribution in [0, 0.1) is 0 Å². The van der Waals surface area contributed by atoms with Gasteiger partial charge in [0.15, 0.2) is 0 Å². The van der Waals surface area contributed by atoms with Gasteiger partial charge in [-0.1, -0.05) is 6.92 Å². The Labute approximate surface area is 99.6 Å². The third kappa shape index (κ3) is 3.90. The number of hydrogen-bond acceptors (Lipinski definition) is 3. The standard InChI is InChI=1S/C11H17N3O3/c1-3-8(2)14(7-11(16)17)10(15)6-9-4-5-12-13-9/h4-5,8H,3,6-7H2,1-2H3,(H,12,13)(H,16,17). The summed E-state index contributed by atoms with van der Waals surface area (Å²) in [7, 11) is 0. The predicted molar refractivity (Wildman–Crippen MR) is 61.4 cm³/mol. The normalized spacial score (nSPS) is 12.1. The van der Waals surface area contributed by atoms with Crippen LogP contribution in [0.2, 0.25) is 0 Å². The number of carboxylic acids is 1. The molecule has 6 nitrogen and oxygen atoms in total. The molecule has 2 N–H and O–H groups in total. The highest BCUT2D eigenvalue weighted by Crippen LogP contribution is 2.07. The van der Waals surface area contributed by atoms with Crippen LogP contribution in [0.15, 0.2) is 12.3 Å². The van der Waals surface area contributed by atoms with Crippen molar-refractivity contribution in [3.63, 3.8) is 0 Å². The zero-order valence-corrected chi connectivity index (χ0v) is 10.0. The van der Waals surface area contributed by atoms with Gasteiger partial charge in [-0.25, -0.2) is 0 Å². The zero-order valence-electron chi connectivity index (χ0n) is 10.0. The molecule has 0 bridgehead atoms. The van der Waals surface area contributed by atoms with Crippen molar-refractivity contribution in [2.24, 2.45) is 0 Å². The first-order chi connectivity index (χ1) is 8.04. The summed E-state index contributed by atoms with van der Waals surface area (Å²) in [4.78, 5) is 24.1. The lowest BCUT2D eigenvalue weighted by molar-refractivity contribution is -0.145. The maximum atomic E-state index is 12.0. The van der Waals surface area contributed by atoms with E-state index in [-0.39, 0.29) is 24.9 Å². The van der Waals surface area contributed by atoms with Crippen LogP contribution in [0.4, 0.5) is 0 Å². The number of aromatic nitrogens is 2. The van der Waals surface area contributed by atoms with Crippen molar-refractivity contribution in [3.8, 4) is 0 Å². The smallest absolute Gasteiger partial charge is 0.323 e. The Balaban J connectivity index is 2.68. The number of aromatic amines is 1. The van der Waals surface area contributed by atoms with Gasteiger partial charge in [0.1, 0.15) is 6.54 Å². The molecule has 1 amide bonds. The van der Waals surface area contributed by atoms with Crippen LogP contribution in [0.5, 0.6) is 0 Å². The van der Waals surface area contributed by atoms with E-state index in [0.717, 1.165) is 6.42 Å². The number of amides is 1. The van der Waals surface area contributed by atoms with E-state index in [1.807, 2.05) is 13.8 Å². The zero-order chi connectivity index (χ0) is 12.8. The van der Waals surface area contributed by atoms with Crippen LogP contribution >= 0.6 is 0 Å². The van der Waals surface area contributed by atoms with Crippen molar-refractivity contribution in [3.05, 3.63) is 18.0 Å². The van der Waals surface area contributed by atoms with Crippen LogP contribution in [-0.2, 0) is 16.0 Å². The summed E-state index contributed by atoms with van der Waals surface area (Å²) < 4.78 is 0. The van der Waals surface area contributed by atoms with Gasteiger partial charge in [0.05, 0.1) is 6.42 Å². The molecule has 6 heteroatoms. The van der Waals surface area contributed by atoms with E-state index in [0.29, 0.717) is 5.69 Å². The number of nitrogens with one attached hydrogen (secondary N) is 1. The van der Waals surface area contributed by atoms with Gasteiger partial charge >= 0.3 is 5.97 Å². The first-order valence-electron chi connectivity index (χ1n) is 5.54. The minimum absolute atomic E-state index is 0.0819. The molecule has 1 heterocycles. The van der Waals surface area contributed by atoms with E-state index >= 15 is 0 Å². The molecule has 1 aromatic rings. The molecular weight excluding hydrogens is 222 g/mol. The Morgan fingerprint density at radius 3 is 2.76 bits per heavy atom. The number of carboxylic acid groups (broad SMARTS) is 1. The largest absolute Gasteiger partial charge is 0.480 e. The van der Waals surface area contributed by atoms with Gasteiger partial charge in [-0.15, -0.1) is 0 Å². The van der Waals surface area contributed by atoms with E-state index in [2.05, 4.69) is 10.2 Å². The lowest BCUT2D eigenvalue weighted by Crippen LogP contribution is -2.42. The maximum Gasteiger partial charge on any atom is 0.323 e. The Morgan fingerprint density at radius 1 is 1.59 bits per heavy atom. The number of nitrogens with zero attached hydrogens (tertiary/aromatic N) is 2. The molecule has 0 aliphatic rings. The second-order valence-corrected chi connectivity index (χ2v) is 3.93. The lowest BCUT2D eigenvalue weighted by atomic mass is 10.2. The minimum atomic E-state index is -0.997. The number of carbonyl (C=O) groups excluding carboxylic acids is 1. The quantitative estimate of drug-likeness (QED) is 0.763. The van der Waals surface area contributed by atoms with Crippen molar-refractivity contribution in [1.29, 1.82) is 0 Å². The summed E-state index contributed by atoms with van der Waals surface area (Å²) in [6.07, 6.45) is 2.44. The number of hydrogen-bond donors (Lipinski definition) is 2. The molecule has 0 spiro atoms. The van der Waals surface area contributed by atoms with Crippen LogP contribution in [0.1, 0.15) is 26.0 Å². The number of aliphatic carboxylic acids is 1. The summed E-state index contributed by atoms with van der Waals surface area (Å²) in [5.41, 5.74) is 0.689. The molecule has 0 saturated heterocycles. The van der Waals surface area contributed by atoms with Gasteiger partial charge in [0.25, 0.3) is 0 Å². The second kappa shape index (κ2) is 6.03. The van der Waals surface area contributed by atoms with E-state index in [1.165, 1.54) is 4.90 Å². The van der Waals surface area contributed by atoms with Gasteiger partial charge in [-0.05, 0) is 19.4 Å². The molecule has 1 atom stereocenters.